The van der Waals surface area contributed by atoms with E-state index in [1.165, 1.54) is 17.6 Å². The summed E-state index contributed by atoms with van der Waals surface area (Å²) in [5.74, 6) is -3.00. The molecule has 3 aromatic rings. The molecule has 1 aliphatic rings. The molecule has 11 heteroatoms. The number of nitrogens with one attached hydrogen (secondary N) is 2. The zero-order chi connectivity index (χ0) is 27.8. The number of nitrogens with zero attached hydrogens (tertiary/aromatic N) is 1. The molecule has 0 saturated carbocycles. The highest BCUT2D eigenvalue weighted by Crippen LogP contribution is 2.38. The lowest BCUT2D eigenvalue weighted by atomic mass is 10.1. The van der Waals surface area contributed by atoms with E-state index in [4.69, 9.17) is 21.1 Å². The van der Waals surface area contributed by atoms with E-state index in [0.29, 0.717) is 22.5 Å². The van der Waals surface area contributed by atoms with E-state index in [0.717, 1.165) is 36.1 Å². The van der Waals surface area contributed by atoms with Gasteiger partial charge in [-0.05, 0) is 62.4 Å². The maximum atomic E-state index is 12.7. The maximum Gasteiger partial charge on any atom is 0.345 e. The Hall–Kier alpha value is -4.02. The van der Waals surface area contributed by atoms with Gasteiger partial charge in [0.2, 0.25) is 0 Å². The minimum absolute atomic E-state index is 0.184. The van der Waals surface area contributed by atoms with Crippen molar-refractivity contribution in [3.05, 3.63) is 80.7 Å². The quantitative estimate of drug-likeness (QED) is 0.102. The Bertz CT molecular complexity index is 1430. The van der Waals surface area contributed by atoms with Crippen LogP contribution in [-0.2, 0) is 27.2 Å². The Kier molecular flexibility index (Phi) is 9.45. The van der Waals surface area contributed by atoms with Crippen LogP contribution in [0.5, 0.6) is 5.75 Å². The average molecular weight is 568 g/mol. The smallest absolute Gasteiger partial charge is 0.345 e. The first-order valence-corrected chi connectivity index (χ1v) is 13.6. The molecular weight excluding hydrogens is 542 g/mol. The van der Waals surface area contributed by atoms with Gasteiger partial charge in [0.05, 0.1) is 29.0 Å². The standard InChI is InChI=1S/C28H26ClN3O6S/c1-2-37-28(36)23-19-12-4-3-5-15-22(19)39-26(23)31-24(33)25(34)32-30-16-17-10-6-9-14-21(17)38-27(35)18-11-7-8-13-20(18)29/h6-11,13-14,16H,2-5,12,15H2,1H3,(H,31,33)(H,32,34)/b30-16+. The molecule has 2 amide bonds. The summed E-state index contributed by atoms with van der Waals surface area (Å²) in [6.45, 7) is 1.91. The number of ether oxygens (including phenoxy) is 2. The third kappa shape index (κ3) is 6.90. The fourth-order valence-corrected chi connectivity index (χ4v) is 5.57. The predicted octanol–water partition coefficient (Wildman–Crippen LogP) is 5.16. The molecule has 0 radical (unpaired) electrons. The zero-order valence-electron chi connectivity index (χ0n) is 21.1. The molecule has 0 bridgehead atoms. The number of amides is 2. The molecule has 2 N–H and O–H groups in total. The SMILES string of the molecule is CCOC(=O)c1c(NC(=O)C(=O)N/N=C/c2ccccc2OC(=O)c2ccccc2Cl)sc2c1CCCCC2. The summed E-state index contributed by atoms with van der Waals surface area (Å²) in [6, 6.07) is 13.0. The normalized spacial score (nSPS) is 12.8. The van der Waals surface area contributed by atoms with E-state index in [2.05, 4.69) is 15.8 Å². The van der Waals surface area contributed by atoms with E-state index in [9.17, 15) is 19.2 Å². The van der Waals surface area contributed by atoms with Gasteiger partial charge >= 0.3 is 23.8 Å². The summed E-state index contributed by atoms with van der Waals surface area (Å²) in [7, 11) is 0. The lowest BCUT2D eigenvalue weighted by Crippen LogP contribution is -2.32. The molecule has 0 atom stereocenters. The van der Waals surface area contributed by atoms with Crippen molar-refractivity contribution < 1.29 is 28.7 Å². The molecule has 1 aromatic heterocycles. The Morgan fingerprint density at radius 2 is 1.72 bits per heavy atom. The van der Waals surface area contributed by atoms with Gasteiger partial charge in [-0.25, -0.2) is 15.0 Å². The van der Waals surface area contributed by atoms with Crippen LogP contribution in [0.1, 0.15) is 62.9 Å². The number of carbonyl (C=O) groups is 4. The maximum absolute atomic E-state index is 12.7. The molecule has 9 nitrogen and oxygen atoms in total. The van der Waals surface area contributed by atoms with Crippen molar-refractivity contribution in [3.8, 4) is 5.75 Å². The third-order valence-electron chi connectivity index (χ3n) is 5.92. The highest BCUT2D eigenvalue weighted by atomic mass is 35.5. The molecule has 39 heavy (non-hydrogen) atoms. The topological polar surface area (TPSA) is 123 Å². The van der Waals surface area contributed by atoms with Crippen molar-refractivity contribution in [1.29, 1.82) is 0 Å². The van der Waals surface area contributed by atoms with Gasteiger partial charge < -0.3 is 14.8 Å². The molecule has 202 valence electrons. The first-order valence-electron chi connectivity index (χ1n) is 12.4. The largest absolute Gasteiger partial charge is 0.462 e. The molecule has 0 unspecified atom stereocenters. The number of hydrazone groups is 1. The third-order valence-corrected chi connectivity index (χ3v) is 7.46. The molecule has 0 spiro atoms. The second kappa shape index (κ2) is 13.2. The van der Waals surface area contributed by atoms with Crippen molar-refractivity contribution in [2.75, 3.05) is 11.9 Å². The zero-order valence-corrected chi connectivity index (χ0v) is 22.7. The molecule has 0 aliphatic heterocycles. The number of anilines is 1. The van der Waals surface area contributed by atoms with Crippen molar-refractivity contribution >= 4 is 57.9 Å². The Morgan fingerprint density at radius 1 is 0.974 bits per heavy atom. The number of rotatable bonds is 7. The number of aryl methyl sites for hydroxylation is 1. The van der Waals surface area contributed by atoms with Gasteiger partial charge in [-0.2, -0.15) is 5.10 Å². The van der Waals surface area contributed by atoms with Crippen molar-refractivity contribution in [2.24, 2.45) is 5.10 Å². The highest BCUT2D eigenvalue weighted by molar-refractivity contribution is 7.17. The number of thiophene rings is 1. The second-order valence-corrected chi connectivity index (χ2v) is 10.1. The van der Waals surface area contributed by atoms with Gasteiger partial charge in [0.25, 0.3) is 0 Å². The van der Waals surface area contributed by atoms with Gasteiger partial charge in [0, 0.05) is 10.4 Å². The van der Waals surface area contributed by atoms with Gasteiger partial charge in [-0.15, -0.1) is 11.3 Å². The fourth-order valence-electron chi connectivity index (χ4n) is 4.08. The minimum atomic E-state index is -1.03. The number of benzene rings is 2. The second-order valence-electron chi connectivity index (χ2n) is 8.55. The van der Waals surface area contributed by atoms with E-state index < -0.39 is 23.8 Å². The monoisotopic (exact) mass is 567 g/mol. The van der Waals surface area contributed by atoms with Gasteiger partial charge in [-0.1, -0.05) is 42.3 Å². The molecule has 0 saturated heterocycles. The summed E-state index contributed by atoms with van der Waals surface area (Å²) < 4.78 is 10.7. The summed E-state index contributed by atoms with van der Waals surface area (Å²) >= 11 is 7.37. The van der Waals surface area contributed by atoms with Crippen LogP contribution in [0.3, 0.4) is 0 Å². The van der Waals surface area contributed by atoms with E-state index in [1.54, 1.807) is 55.5 Å². The van der Waals surface area contributed by atoms with Crippen LogP contribution >= 0.6 is 22.9 Å². The predicted molar refractivity (Wildman–Crippen MR) is 149 cm³/mol. The Balaban J connectivity index is 1.43. The average Bonchev–Trinajstić information content (AvgIpc) is 3.09. The van der Waals surface area contributed by atoms with Crippen LogP contribution in [0.2, 0.25) is 5.02 Å². The first-order chi connectivity index (χ1) is 18.9. The van der Waals surface area contributed by atoms with E-state index in [1.807, 2.05) is 0 Å². The van der Waals surface area contributed by atoms with Crippen LogP contribution in [-0.4, -0.2) is 36.6 Å². The van der Waals surface area contributed by atoms with Crippen molar-refractivity contribution in [1.82, 2.24) is 5.43 Å². The first kappa shape index (κ1) is 28.0. The number of hydrogen-bond acceptors (Lipinski definition) is 8. The van der Waals surface area contributed by atoms with Crippen LogP contribution in [0, 0.1) is 0 Å². The van der Waals surface area contributed by atoms with Crippen LogP contribution < -0.4 is 15.5 Å². The van der Waals surface area contributed by atoms with E-state index in [-0.39, 0.29) is 22.9 Å². The fraction of sp³-hybridized carbons (Fsp3) is 0.250. The summed E-state index contributed by atoms with van der Waals surface area (Å²) in [5, 5.41) is 6.93. The summed E-state index contributed by atoms with van der Waals surface area (Å²) in [6.07, 6.45) is 5.76. The number of para-hydroxylation sites is 1. The van der Waals surface area contributed by atoms with Gasteiger partial charge in [0.1, 0.15) is 10.8 Å². The Labute approximate surface area is 234 Å². The summed E-state index contributed by atoms with van der Waals surface area (Å²) in [4.78, 5) is 51.4. The number of carbonyl (C=O) groups excluding carboxylic acids is 4. The molecular formula is C28H26ClN3O6S. The van der Waals surface area contributed by atoms with Gasteiger partial charge in [-0.3, -0.25) is 9.59 Å². The molecule has 4 rings (SSSR count). The van der Waals surface area contributed by atoms with Crippen LogP contribution in [0.25, 0.3) is 0 Å². The van der Waals surface area contributed by atoms with Crippen LogP contribution in [0.15, 0.2) is 53.6 Å². The molecule has 2 aromatic carbocycles. The molecule has 0 fully saturated rings. The number of fused-ring (bicyclic) bond motifs is 1. The van der Waals surface area contributed by atoms with Crippen molar-refractivity contribution in [3.63, 3.8) is 0 Å². The number of hydrogen-bond donors (Lipinski definition) is 2. The highest BCUT2D eigenvalue weighted by Gasteiger charge is 2.28. The van der Waals surface area contributed by atoms with E-state index >= 15 is 0 Å². The molecule has 1 aliphatic carbocycles. The number of esters is 2. The number of halogens is 1. The van der Waals surface area contributed by atoms with Gasteiger partial charge in [0.15, 0.2) is 0 Å². The van der Waals surface area contributed by atoms with Crippen LogP contribution in [0.4, 0.5) is 5.00 Å². The Morgan fingerprint density at radius 3 is 2.51 bits per heavy atom. The van der Waals surface area contributed by atoms with Crippen molar-refractivity contribution in [2.45, 2.75) is 39.0 Å². The minimum Gasteiger partial charge on any atom is -0.462 e. The summed E-state index contributed by atoms with van der Waals surface area (Å²) in [5.41, 5.74) is 3.94. The lowest BCUT2D eigenvalue weighted by molar-refractivity contribution is -0.136. The molecule has 1 heterocycles. The lowest BCUT2D eigenvalue weighted by Gasteiger charge is -2.08.